The molecule has 0 radical (unpaired) electrons. The molecule has 0 unspecified atom stereocenters. The Kier molecular flexibility index (Phi) is 6.56. The Labute approximate surface area is 164 Å². The van der Waals surface area contributed by atoms with Gasteiger partial charge in [-0.25, -0.2) is 0 Å². The van der Waals surface area contributed by atoms with Crippen molar-refractivity contribution in [2.75, 3.05) is 26.2 Å². The van der Waals surface area contributed by atoms with Crippen LogP contribution in [0, 0.1) is 0 Å². The summed E-state index contributed by atoms with van der Waals surface area (Å²) in [6.07, 6.45) is 1.70. The van der Waals surface area contributed by atoms with Crippen molar-refractivity contribution in [1.82, 2.24) is 4.90 Å². The summed E-state index contributed by atoms with van der Waals surface area (Å²) in [5.41, 5.74) is 2.62. The molecule has 0 aliphatic carbocycles. The average Bonchev–Trinajstić information content (AvgIpc) is 2.66. The van der Waals surface area contributed by atoms with E-state index in [1.165, 1.54) is 11.1 Å². The fourth-order valence-electron chi connectivity index (χ4n) is 3.93. The van der Waals surface area contributed by atoms with Crippen LogP contribution in [-0.4, -0.2) is 43.3 Å². The SMILES string of the molecule is C[C@H]1CN(CCCOc2ccc(C(C)(C)c3ccccc3)cc2)C[C@H](C)O1. The first-order valence-electron chi connectivity index (χ1n) is 10.1. The molecule has 1 heterocycles. The van der Waals surface area contributed by atoms with Gasteiger partial charge in [-0.2, -0.15) is 0 Å². The predicted molar refractivity (Wildman–Crippen MR) is 112 cm³/mol. The molecule has 0 N–H and O–H groups in total. The highest BCUT2D eigenvalue weighted by Gasteiger charge is 2.23. The Morgan fingerprint density at radius 2 is 1.52 bits per heavy atom. The number of nitrogens with zero attached hydrogens (tertiary/aromatic N) is 1. The van der Waals surface area contributed by atoms with E-state index in [0.29, 0.717) is 12.2 Å². The Bertz CT molecular complexity index is 686. The van der Waals surface area contributed by atoms with Crippen molar-refractivity contribution in [2.45, 2.75) is 51.7 Å². The van der Waals surface area contributed by atoms with Crippen LogP contribution in [0.25, 0.3) is 0 Å². The summed E-state index contributed by atoms with van der Waals surface area (Å²) >= 11 is 0. The molecular formula is C24H33NO2. The minimum Gasteiger partial charge on any atom is -0.494 e. The molecule has 1 saturated heterocycles. The summed E-state index contributed by atoms with van der Waals surface area (Å²) in [7, 11) is 0. The highest BCUT2D eigenvalue weighted by atomic mass is 16.5. The van der Waals surface area contributed by atoms with Crippen molar-refractivity contribution in [3.05, 3.63) is 65.7 Å². The van der Waals surface area contributed by atoms with Crippen LogP contribution in [0.4, 0.5) is 0 Å². The van der Waals surface area contributed by atoms with Gasteiger partial charge in [-0.1, -0.05) is 56.3 Å². The number of benzene rings is 2. The largest absolute Gasteiger partial charge is 0.494 e. The maximum absolute atomic E-state index is 5.97. The Balaban J connectivity index is 1.48. The molecule has 0 spiro atoms. The molecule has 2 aromatic carbocycles. The minimum absolute atomic E-state index is 0.0104. The van der Waals surface area contributed by atoms with Crippen LogP contribution in [0.2, 0.25) is 0 Å². The highest BCUT2D eigenvalue weighted by Crippen LogP contribution is 2.32. The van der Waals surface area contributed by atoms with Gasteiger partial charge in [0.25, 0.3) is 0 Å². The molecule has 0 saturated carbocycles. The third kappa shape index (κ3) is 5.33. The van der Waals surface area contributed by atoms with Gasteiger partial charge in [0, 0.05) is 25.0 Å². The van der Waals surface area contributed by atoms with E-state index in [4.69, 9.17) is 9.47 Å². The van der Waals surface area contributed by atoms with Gasteiger partial charge in [0.05, 0.1) is 18.8 Å². The van der Waals surface area contributed by atoms with E-state index in [2.05, 4.69) is 87.2 Å². The zero-order valence-corrected chi connectivity index (χ0v) is 17.2. The second-order valence-corrected chi connectivity index (χ2v) is 8.23. The van der Waals surface area contributed by atoms with Gasteiger partial charge >= 0.3 is 0 Å². The Morgan fingerprint density at radius 3 is 2.15 bits per heavy atom. The van der Waals surface area contributed by atoms with E-state index in [0.717, 1.165) is 38.4 Å². The summed E-state index contributed by atoms with van der Waals surface area (Å²) in [6.45, 7) is 12.7. The first-order valence-corrected chi connectivity index (χ1v) is 10.1. The molecule has 27 heavy (non-hydrogen) atoms. The molecule has 1 fully saturated rings. The normalized spacial score (nSPS) is 21.2. The van der Waals surface area contributed by atoms with E-state index in [1.807, 2.05) is 0 Å². The summed E-state index contributed by atoms with van der Waals surface area (Å²) in [4.78, 5) is 2.48. The predicted octanol–water partition coefficient (Wildman–Crippen LogP) is 4.89. The lowest BCUT2D eigenvalue weighted by atomic mass is 9.78. The molecule has 1 aliphatic rings. The van der Waals surface area contributed by atoms with Gasteiger partial charge in [-0.05, 0) is 43.5 Å². The van der Waals surface area contributed by atoms with Crippen molar-refractivity contribution < 1.29 is 9.47 Å². The van der Waals surface area contributed by atoms with Gasteiger partial charge in [0.1, 0.15) is 5.75 Å². The topological polar surface area (TPSA) is 21.7 Å². The first-order chi connectivity index (χ1) is 12.9. The molecule has 3 rings (SSSR count). The summed E-state index contributed by atoms with van der Waals surface area (Å²) in [6, 6.07) is 19.2. The summed E-state index contributed by atoms with van der Waals surface area (Å²) in [5.74, 6) is 0.950. The maximum atomic E-state index is 5.97. The van der Waals surface area contributed by atoms with E-state index in [1.54, 1.807) is 0 Å². The van der Waals surface area contributed by atoms with E-state index < -0.39 is 0 Å². The van der Waals surface area contributed by atoms with Crippen molar-refractivity contribution in [1.29, 1.82) is 0 Å². The smallest absolute Gasteiger partial charge is 0.119 e. The van der Waals surface area contributed by atoms with Gasteiger partial charge in [-0.3, -0.25) is 4.90 Å². The van der Waals surface area contributed by atoms with Crippen LogP contribution >= 0.6 is 0 Å². The van der Waals surface area contributed by atoms with Gasteiger partial charge in [0.2, 0.25) is 0 Å². The number of hydrogen-bond donors (Lipinski definition) is 0. The molecule has 0 amide bonds. The summed E-state index contributed by atoms with van der Waals surface area (Å²) in [5, 5.41) is 0. The van der Waals surface area contributed by atoms with Crippen molar-refractivity contribution in [3.8, 4) is 5.75 Å². The monoisotopic (exact) mass is 367 g/mol. The van der Waals surface area contributed by atoms with E-state index >= 15 is 0 Å². The van der Waals surface area contributed by atoms with Crippen LogP contribution in [0.5, 0.6) is 5.75 Å². The van der Waals surface area contributed by atoms with Crippen LogP contribution < -0.4 is 4.74 Å². The highest BCUT2D eigenvalue weighted by molar-refractivity contribution is 5.39. The standard InChI is InChI=1S/C24H33NO2/c1-19-17-25(18-20(2)27-19)15-8-16-26-23-13-11-22(12-14-23)24(3,4)21-9-6-5-7-10-21/h5-7,9-14,19-20H,8,15-18H2,1-4H3/t19-,20-/m0/s1. The second-order valence-electron chi connectivity index (χ2n) is 8.23. The molecule has 0 bridgehead atoms. The van der Waals surface area contributed by atoms with Gasteiger partial charge in [0.15, 0.2) is 0 Å². The quantitative estimate of drug-likeness (QED) is 0.650. The van der Waals surface area contributed by atoms with Crippen LogP contribution in [0.3, 0.4) is 0 Å². The minimum atomic E-state index is -0.0104. The van der Waals surface area contributed by atoms with E-state index in [-0.39, 0.29) is 5.41 Å². The van der Waals surface area contributed by atoms with Crippen LogP contribution in [0.15, 0.2) is 54.6 Å². The maximum Gasteiger partial charge on any atom is 0.119 e. The lowest BCUT2D eigenvalue weighted by Crippen LogP contribution is -2.45. The molecule has 2 atom stereocenters. The number of rotatable bonds is 7. The second kappa shape index (κ2) is 8.90. The fraction of sp³-hybridized carbons (Fsp3) is 0.500. The van der Waals surface area contributed by atoms with Crippen molar-refractivity contribution in [2.24, 2.45) is 0 Å². The number of morpholine rings is 1. The molecule has 146 valence electrons. The van der Waals surface area contributed by atoms with Crippen molar-refractivity contribution >= 4 is 0 Å². The van der Waals surface area contributed by atoms with Gasteiger partial charge < -0.3 is 9.47 Å². The average molecular weight is 368 g/mol. The lowest BCUT2D eigenvalue weighted by molar-refractivity contribution is -0.0686. The third-order valence-corrected chi connectivity index (χ3v) is 5.45. The van der Waals surface area contributed by atoms with Crippen LogP contribution in [-0.2, 0) is 10.2 Å². The van der Waals surface area contributed by atoms with Crippen molar-refractivity contribution in [3.63, 3.8) is 0 Å². The number of hydrogen-bond acceptors (Lipinski definition) is 3. The molecule has 3 heteroatoms. The zero-order valence-electron chi connectivity index (χ0n) is 17.2. The third-order valence-electron chi connectivity index (χ3n) is 5.45. The Morgan fingerprint density at radius 1 is 0.926 bits per heavy atom. The van der Waals surface area contributed by atoms with Crippen LogP contribution in [0.1, 0.15) is 45.2 Å². The first kappa shape index (κ1) is 19.9. The lowest BCUT2D eigenvalue weighted by Gasteiger charge is -2.35. The molecular weight excluding hydrogens is 334 g/mol. The fourth-order valence-corrected chi connectivity index (χ4v) is 3.93. The molecule has 1 aliphatic heterocycles. The summed E-state index contributed by atoms with van der Waals surface area (Å²) < 4.78 is 11.8. The number of ether oxygens (including phenoxy) is 2. The zero-order chi connectivity index (χ0) is 19.3. The van der Waals surface area contributed by atoms with Gasteiger partial charge in [-0.15, -0.1) is 0 Å². The molecule has 2 aromatic rings. The molecule has 3 nitrogen and oxygen atoms in total. The van der Waals surface area contributed by atoms with E-state index in [9.17, 15) is 0 Å². The molecule has 0 aromatic heterocycles. The Hall–Kier alpha value is -1.84.